The van der Waals surface area contributed by atoms with Gasteiger partial charge in [-0.05, 0) is 62.1 Å². The number of rotatable bonds is 13. The highest BCUT2D eigenvalue weighted by Gasteiger charge is 2.24. The Balaban J connectivity index is 1.40. The minimum Gasteiger partial charge on any atom is -0.493 e. The third-order valence-corrected chi connectivity index (χ3v) is 6.46. The molecule has 1 aromatic carbocycles. The second-order valence-electron chi connectivity index (χ2n) is 9.10. The number of carboxylic acid groups (broad SMARTS) is 2. The van der Waals surface area contributed by atoms with Crippen molar-refractivity contribution in [3.05, 3.63) is 47.5 Å². The largest absolute Gasteiger partial charge is 0.493 e. The Kier molecular flexibility index (Phi) is 10.2. The van der Waals surface area contributed by atoms with Crippen molar-refractivity contribution in [1.29, 1.82) is 0 Å². The van der Waals surface area contributed by atoms with Gasteiger partial charge in [-0.25, -0.2) is 19.2 Å². The van der Waals surface area contributed by atoms with Gasteiger partial charge >= 0.3 is 11.9 Å². The maximum Gasteiger partial charge on any atom is 0.326 e. The van der Waals surface area contributed by atoms with Crippen LogP contribution in [-0.2, 0) is 16.0 Å². The molecular formula is C26H33FN4O6. The highest BCUT2D eigenvalue weighted by atomic mass is 19.1. The molecule has 0 aliphatic carbocycles. The number of carbonyl (C=O) groups excluding carboxylic acids is 1. The number of hydrogen-bond acceptors (Lipinski definition) is 7. The molecule has 37 heavy (non-hydrogen) atoms. The quantitative estimate of drug-likeness (QED) is 0.342. The fraction of sp³-hybridized carbons (Fsp3) is 0.500. The number of anilines is 1. The summed E-state index contributed by atoms with van der Waals surface area (Å²) >= 11 is 0. The molecule has 0 spiro atoms. The monoisotopic (exact) mass is 516 g/mol. The van der Waals surface area contributed by atoms with E-state index in [0.29, 0.717) is 12.5 Å². The van der Waals surface area contributed by atoms with Crippen LogP contribution in [0.3, 0.4) is 0 Å². The summed E-state index contributed by atoms with van der Waals surface area (Å²) in [6.07, 6.45) is 7.80. The second kappa shape index (κ2) is 13.5. The number of nitrogens with zero attached hydrogens (tertiary/aromatic N) is 3. The van der Waals surface area contributed by atoms with E-state index in [1.807, 2.05) is 12.4 Å². The number of aliphatic carboxylic acids is 2. The summed E-state index contributed by atoms with van der Waals surface area (Å²) in [4.78, 5) is 45.3. The molecule has 0 radical (unpaired) electrons. The number of aryl methyl sites for hydroxylation is 1. The van der Waals surface area contributed by atoms with Gasteiger partial charge in [0, 0.05) is 38.0 Å². The van der Waals surface area contributed by atoms with Gasteiger partial charge in [0.1, 0.15) is 17.6 Å². The first-order valence-electron chi connectivity index (χ1n) is 12.5. The van der Waals surface area contributed by atoms with Gasteiger partial charge in [-0.2, -0.15) is 0 Å². The van der Waals surface area contributed by atoms with Crippen molar-refractivity contribution in [2.45, 2.75) is 57.9 Å². The Labute approximate surface area is 214 Å². The highest BCUT2D eigenvalue weighted by molar-refractivity contribution is 5.97. The summed E-state index contributed by atoms with van der Waals surface area (Å²) in [5.41, 5.74) is 0.783. The molecule has 3 N–H and O–H groups in total. The van der Waals surface area contributed by atoms with Crippen molar-refractivity contribution in [2.24, 2.45) is 5.92 Å². The van der Waals surface area contributed by atoms with E-state index in [4.69, 9.17) is 14.9 Å². The van der Waals surface area contributed by atoms with Gasteiger partial charge in [0.05, 0.1) is 12.2 Å². The van der Waals surface area contributed by atoms with Crippen LogP contribution in [0.5, 0.6) is 5.75 Å². The van der Waals surface area contributed by atoms with Crippen molar-refractivity contribution in [1.82, 2.24) is 15.3 Å². The van der Waals surface area contributed by atoms with Crippen molar-refractivity contribution < 1.29 is 33.7 Å². The smallest absolute Gasteiger partial charge is 0.326 e. The SMILES string of the molecule is CCc1cnc(N2CCC(CCCOc3ccc(C(=O)N[C@@H](CCC(=O)O)C(=O)O)c(F)c3)CC2)nc1. The first-order valence-corrected chi connectivity index (χ1v) is 12.5. The van der Waals surface area contributed by atoms with E-state index in [1.54, 1.807) is 0 Å². The molecule has 1 atom stereocenters. The predicted molar refractivity (Wildman–Crippen MR) is 133 cm³/mol. The standard InChI is InChI=1S/C26H33FN4O6/c1-2-17-15-28-26(29-16-17)31-11-9-18(10-12-31)4-3-13-37-19-5-6-20(21(27)14-19)24(34)30-22(25(35)36)7-8-23(32)33/h5-6,14-16,18,22H,2-4,7-13H2,1H3,(H,30,34)(H,32,33)(H,35,36)/t22-/m0/s1. The van der Waals surface area contributed by atoms with Crippen LogP contribution in [0.25, 0.3) is 0 Å². The number of benzene rings is 1. The van der Waals surface area contributed by atoms with Gasteiger partial charge in [-0.3, -0.25) is 9.59 Å². The van der Waals surface area contributed by atoms with Crippen molar-refractivity contribution in [3.63, 3.8) is 0 Å². The van der Waals surface area contributed by atoms with E-state index < -0.39 is 36.1 Å². The first-order chi connectivity index (χ1) is 17.8. The lowest BCUT2D eigenvalue weighted by Crippen LogP contribution is -2.41. The maximum atomic E-state index is 14.5. The number of carbonyl (C=O) groups is 3. The third kappa shape index (κ3) is 8.40. The van der Waals surface area contributed by atoms with Crippen molar-refractivity contribution in [2.75, 3.05) is 24.6 Å². The van der Waals surface area contributed by atoms with Crippen molar-refractivity contribution in [3.8, 4) is 5.75 Å². The third-order valence-electron chi connectivity index (χ3n) is 6.46. The first kappa shape index (κ1) is 27.8. The van der Waals surface area contributed by atoms with E-state index in [9.17, 15) is 18.8 Å². The molecule has 1 aromatic heterocycles. The number of ether oxygens (including phenoxy) is 1. The average molecular weight is 517 g/mol. The molecule has 2 heterocycles. The number of amides is 1. The van der Waals surface area contributed by atoms with Gasteiger partial charge < -0.3 is 25.2 Å². The van der Waals surface area contributed by atoms with E-state index in [1.165, 1.54) is 12.1 Å². The zero-order valence-electron chi connectivity index (χ0n) is 20.9. The number of piperidine rings is 1. The molecule has 1 aliphatic rings. The molecule has 1 saturated heterocycles. The maximum absolute atomic E-state index is 14.5. The van der Waals surface area contributed by atoms with Crippen LogP contribution in [-0.4, -0.2) is 63.8 Å². The molecule has 1 fully saturated rings. The van der Waals surface area contributed by atoms with Gasteiger partial charge in [0.25, 0.3) is 5.91 Å². The summed E-state index contributed by atoms with van der Waals surface area (Å²) in [6.45, 7) is 4.30. The lowest BCUT2D eigenvalue weighted by atomic mass is 9.92. The number of hydrogen-bond donors (Lipinski definition) is 3. The Hall–Kier alpha value is -3.76. The van der Waals surface area contributed by atoms with Crippen LogP contribution in [0, 0.1) is 11.7 Å². The number of carboxylic acids is 2. The molecule has 10 nitrogen and oxygen atoms in total. The van der Waals surface area contributed by atoms with E-state index in [2.05, 4.69) is 27.1 Å². The van der Waals surface area contributed by atoms with E-state index in [0.717, 1.165) is 62.8 Å². The Morgan fingerprint density at radius 3 is 2.49 bits per heavy atom. The summed E-state index contributed by atoms with van der Waals surface area (Å²) in [6, 6.07) is 2.33. The molecule has 200 valence electrons. The van der Waals surface area contributed by atoms with Gasteiger partial charge in [-0.15, -0.1) is 0 Å². The Morgan fingerprint density at radius 1 is 1.19 bits per heavy atom. The molecule has 1 aliphatic heterocycles. The summed E-state index contributed by atoms with van der Waals surface area (Å²) < 4.78 is 20.1. The van der Waals surface area contributed by atoms with E-state index in [-0.39, 0.29) is 17.7 Å². The summed E-state index contributed by atoms with van der Waals surface area (Å²) in [5, 5.41) is 20.0. The van der Waals surface area contributed by atoms with Crippen LogP contribution < -0.4 is 15.0 Å². The second-order valence-corrected chi connectivity index (χ2v) is 9.10. The minimum absolute atomic E-state index is 0.275. The number of aromatic nitrogens is 2. The van der Waals surface area contributed by atoms with Crippen LogP contribution >= 0.6 is 0 Å². The molecule has 0 saturated carbocycles. The van der Waals surface area contributed by atoms with Gasteiger partial charge in [-0.1, -0.05) is 6.92 Å². The molecule has 2 aromatic rings. The van der Waals surface area contributed by atoms with Crippen LogP contribution in [0.15, 0.2) is 30.6 Å². The molecule has 11 heteroatoms. The fourth-order valence-electron chi connectivity index (χ4n) is 4.21. The van der Waals surface area contributed by atoms with Crippen LogP contribution in [0.2, 0.25) is 0 Å². The number of halogens is 1. The highest BCUT2D eigenvalue weighted by Crippen LogP contribution is 2.25. The van der Waals surface area contributed by atoms with Crippen molar-refractivity contribution >= 4 is 23.8 Å². The van der Waals surface area contributed by atoms with Gasteiger partial charge in [0.2, 0.25) is 5.95 Å². The fourth-order valence-corrected chi connectivity index (χ4v) is 4.21. The van der Waals surface area contributed by atoms with E-state index >= 15 is 0 Å². The molecule has 0 unspecified atom stereocenters. The zero-order chi connectivity index (χ0) is 26.8. The molecular weight excluding hydrogens is 483 g/mol. The molecule has 1 amide bonds. The normalized spacial score (nSPS) is 14.7. The number of nitrogens with one attached hydrogen (secondary N) is 1. The lowest BCUT2D eigenvalue weighted by Gasteiger charge is -2.32. The zero-order valence-corrected chi connectivity index (χ0v) is 20.9. The predicted octanol–water partition coefficient (Wildman–Crippen LogP) is 3.30. The van der Waals surface area contributed by atoms with Crippen LogP contribution in [0.4, 0.5) is 10.3 Å². The lowest BCUT2D eigenvalue weighted by molar-refractivity contribution is -0.140. The minimum atomic E-state index is -1.43. The topological polar surface area (TPSA) is 142 Å². The molecule has 3 rings (SSSR count). The molecule has 0 bridgehead atoms. The Bertz CT molecular complexity index is 1070. The van der Waals surface area contributed by atoms with Crippen LogP contribution in [0.1, 0.15) is 61.4 Å². The Morgan fingerprint density at radius 2 is 1.89 bits per heavy atom. The van der Waals surface area contributed by atoms with Gasteiger partial charge in [0.15, 0.2) is 0 Å². The average Bonchev–Trinajstić information content (AvgIpc) is 2.89. The summed E-state index contributed by atoms with van der Waals surface area (Å²) in [5.74, 6) is -2.74. The summed E-state index contributed by atoms with van der Waals surface area (Å²) in [7, 11) is 0.